The molecular weight excluding hydrogens is 280 g/mol. The zero-order valence-corrected chi connectivity index (χ0v) is 12.6. The Hall–Kier alpha value is -2.50. The van der Waals surface area contributed by atoms with Crippen LogP contribution >= 0.6 is 0 Å². The minimum Gasteiger partial charge on any atom is -0.497 e. The normalized spacial score (nSPS) is 17.5. The molecule has 6 heteroatoms. The van der Waals surface area contributed by atoms with Crippen LogP contribution in [-0.4, -0.2) is 34.8 Å². The summed E-state index contributed by atoms with van der Waals surface area (Å²) in [6.45, 7) is 1.25. The smallest absolute Gasteiger partial charge is 0.318 e. The van der Waals surface area contributed by atoms with Gasteiger partial charge < -0.3 is 15.0 Å². The number of amides is 2. The largest absolute Gasteiger partial charge is 0.497 e. The maximum absolute atomic E-state index is 12.4. The van der Waals surface area contributed by atoms with E-state index < -0.39 is 0 Å². The van der Waals surface area contributed by atoms with Crippen LogP contribution in [0.25, 0.3) is 0 Å². The lowest BCUT2D eigenvalue weighted by Gasteiger charge is -2.25. The van der Waals surface area contributed by atoms with Gasteiger partial charge in [-0.05, 0) is 36.6 Å². The van der Waals surface area contributed by atoms with E-state index in [9.17, 15) is 4.79 Å². The van der Waals surface area contributed by atoms with E-state index in [1.165, 1.54) is 0 Å². The summed E-state index contributed by atoms with van der Waals surface area (Å²) in [6.07, 6.45) is 3.69. The number of H-pyrrole nitrogens is 1. The molecule has 2 aromatic rings. The van der Waals surface area contributed by atoms with Crippen molar-refractivity contribution in [3.05, 3.63) is 47.8 Å². The van der Waals surface area contributed by atoms with Gasteiger partial charge in [-0.2, -0.15) is 5.10 Å². The van der Waals surface area contributed by atoms with Gasteiger partial charge in [0.15, 0.2) is 0 Å². The Bertz CT molecular complexity index is 610. The Balaban J connectivity index is 1.65. The third-order valence-corrected chi connectivity index (χ3v) is 4.00. The first-order valence-corrected chi connectivity index (χ1v) is 7.44. The molecule has 116 valence electrons. The summed E-state index contributed by atoms with van der Waals surface area (Å²) in [4.78, 5) is 14.3. The summed E-state index contributed by atoms with van der Waals surface area (Å²) in [7, 11) is 1.65. The van der Waals surface area contributed by atoms with Crippen molar-refractivity contribution < 1.29 is 9.53 Å². The number of urea groups is 1. The highest BCUT2D eigenvalue weighted by Crippen LogP contribution is 2.32. The fourth-order valence-electron chi connectivity index (χ4n) is 2.84. The predicted octanol–water partition coefficient (Wildman–Crippen LogP) is 2.46. The molecule has 0 aliphatic carbocycles. The summed E-state index contributed by atoms with van der Waals surface area (Å²) in [6, 6.07) is 9.89. The third kappa shape index (κ3) is 3.05. The highest BCUT2D eigenvalue weighted by molar-refractivity contribution is 5.75. The Morgan fingerprint density at radius 3 is 2.91 bits per heavy atom. The Labute approximate surface area is 129 Å². The maximum Gasteiger partial charge on any atom is 0.318 e. The molecular formula is C16H20N4O2. The van der Waals surface area contributed by atoms with Crippen molar-refractivity contribution in [3.63, 3.8) is 0 Å². The molecule has 1 aromatic carbocycles. The van der Waals surface area contributed by atoms with E-state index in [2.05, 4.69) is 15.5 Å². The Morgan fingerprint density at radius 1 is 1.41 bits per heavy atom. The summed E-state index contributed by atoms with van der Waals surface area (Å²) in [5, 5.41) is 9.66. The number of nitrogens with zero attached hydrogens (tertiary/aromatic N) is 2. The molecule has 0 saturated carbocycles. The van der Waals surface area contributed by atoms with Crippen LogP contribution in [0.1, 0.15) is 30.1 Å². The van der Waals surface area contributed by atoms with Gasteiger partial charge >= 0.3 is 6.03 Å². The van der Waals surface area contributed by atoms with Gasteiger partial charge in [0.1, 0.15) is 5.75 Å². The molecule has 6 nitrogen and oxygen atoms in total. The average molecular weight is 300 g/mol. The number of aromatic nitrogens is 2. The second kappa shape index (κ2) is 6.51. The molecule has 1 unspecified atom stereocenters. The number of methoxy groups -OCH3 is 1. The maximum atomic E-state index is 12.4. The van der Waals surface area contributed by atoms with Gasteiger partial charge in [-0.1, -0.05) is 12.1 Å². The summed E-state index contributed by atoms with van der Waals surface area (Å²) < 4.78 is 5.18. The fourth-order valence-corrected chi connectivity index (χ4v) is 2.84. The predicted molar refractivity (Wildman–Crippen MR) is 82.5 cm³/mol. The van der Waals surface area contributed by atoms with E-state index in [1.807, 2.05) is 35.2 Å². The van der Waals surface area contributed by atoms with Gasteiger partial charge in [-0.15, -0.1) is 0 Å². The molecule has 1 aliphatic rings. The number of likely N-dealkylation sites (tertiary alicyclic amines) is 1. The zero-order chi connectivity index (χ0) is 15.4. The standard InChI is InChI=1S/C16H20N4O2/c1-22-14-6-4-12(5-7-14)15-3-2-10-20(15)16(21)17-11-13-8-9-18-19-13/h4-9,15H,2-3,10-11H2,1H3,(H,17,21)(H,18,19). The van der Waals surface area contributed by atoms with Crippen LogP contribution < -0.4 is 10.1 Å². The molecule has 1 aromatic heterocycles. The van der Waals surface area contributed by atoms with E-state index in [4.69, 9.17) is 4.74 Å². The van der Waals surface area contributed by atoms with Crippen LogP contribution in [0, 0.1) is 0 Å². The average Bonchev–Trinajstić information content (AvgIpc) is 3.24. The van der Waals surface area contributed by atoms with Crippen LogP contribution in [0.3, 0.4) is 0 Å². The molecule has 3 rings (SSSR count). The van der Waals surface area contributed by atoms with Crippen LogP contribution in [-0.2, 0) is 6.54 Å². The molecule has 2 heterocycles. The van der Waals surface area contributed by atoms with Gasteiger partial charge in [0.25, 0.3) is 0 Å². The molecule has 2 N–H and O–H groups in total. The molecule has 0 bridgehead atoms. The molecule has 2 amide bonds. The van der Waals surface area contributed by atoms with E-state index in [0.29, 0.717) is 6.54 Å². The first-order chi connectivity index (χ1) is 10.8. The van der Waals surface area contributed by atoms with Crippen molar-refractivity contribution in [3.8, 4) is 5.75 Å². The van der Waals surface area contributed by atoms with Crippen LogP contribution in [0.2, 0.25) is 0 Å². The van der Waals surface area contributed by atoms with Crippen LogP contribution in [0.4, 0.5) is 4.79 Å². The number of ether oxygens (including phenoxy) is 1. The second-order valence-electron chi connectivity index (χ2n) is 5.37. The van der Waals surface area contributed by atoms with Gasteiger partial charge in [0.05, 0.1) is 25.4 Å². The summed E-state index contributed by atoms with van der Waals surface area (Å²) in [5.41, 5.74) is 2.04. The topological polar surface area (TPSA) is 70.2 Å². The van der Waals surface area contributed by atoms with Crippen molar-refractivity contribution in [2.45, 2.75) is 25.4 Å². The molecule has 1 aliphatic heterocycles. The minimum atomic E-state index is -0.0343. The van der Waals surface area contributed by atoms with E-state index in [1.54, 1.807) is 13.3 Å². The van der Waals surface area contributed by atoms with Gasteiger partial charge in [-0.25, -0.2) is 4.79 Å². The monoisotopic (exact) mass is 300 g/mol. The SMILES string of the molecule is COc1ccc(C2CCCN2C(=O)NCc2ccn[nH]2)cc1. The molecule has 1 atom stereocenters. The zero-order valence-electron chi connectivity index (χ0n) is 12.6. The van der Waals surface area contributed by atoms with Crippen molar-refractivity contribution in [1.82, 2.24) is 20.4 Å². The van der Waals surface area contributed by atoms with Crippen molar-refractivity contribution >= 4 is 6.03 Å². The molecule has 0 spiro atoms. The minimum absolute atomic E-state index is 0.0343. The number of rotatable bonds is 4. The van der Waals surface area contributed by atoms with Crippen molar-refractivity contribution in [2.75, 3.05) is 13.7 Å². The van der Waals surface area contributed by atoms with Crippen LogP contribution in [0.15, 0.2) is 36.5 Å². The lowest BCUT2D eigenvalue weighted by Crippen LogP contribution is -2.39. The van der Waals surface area contributed by atoms with E-state index >= 15 is 0 Å². The lowest BCUT2D eigenvalue weighted by atomic mass is 10.0. The van der Waals surface area contributed by atoms with Gasteiger partial charge in [0, 0.05) is 12.7 Å². The summed E-state index contributed by atoms with van der Waals surface area (Å²) >= 11 is 0. The number of benzene rings is 1. The molecule has 1 saturated heterocycles. The number of hydrogen-bond acceptors (Lipinski definition) is 3. The van der Waals surface area contributed by atoms with E-state index in [0.717, 1.165) is 36.4 Å². The number of carbonyl (C=O) groups is 1. The molecule has 1 fully saturated rings. The first-order valence-electron chi connectivity index (χ1n) is 7.44. The van der Waals surface area contributed by atoms with E-state index in [-0.39, 0.29) is 12.1 Å². The van der Waals surface area contributed by atoms with Gasteiger partial charge in [-0.3, -0.25) is 5.10 Å². The fraction of sp³-hybridized carbons (Fsp3) is 0.375. The number of carbonyl (C=O) groups excluding carboxylic acids is 1. The second-order valence-corrected chi connectivity index (χ2v) is 5.37. The van der Waals surface area contributed by atoms with Gasteiger partial charge in [0.2, 0.25) is 0 Å². The van der Waals surface area contributed by atoms with Crippen molar-refractivity contribution in [1.29, 1.82) is 0 Å². The third-order valence-electron chi connectivity index (χ3n) is 4.00. The number of hydrogen-bond donors (Lipinski definition) is 2. The first kappa shape index (κ1) is 14.4. The highest BCUT2D eigenvalue weighted by Gasteiger charge is 2.29. The molecule has 0 radical (unpaired) electrons. The Kier molecular flexibility index (Phi) is 4.27. The lowest BCUT2D eigenvalue weighted by molar-refractivity contribution is 0.192. The molecule has 22 heavy (non-hydrogen) atoms. The van der Waals surface area contributed by atoms with Crippen molar-refractivity contribution in [2.24, 2.45) is 0 Å². The van der Waals surface area contributed by atoms with Crippen LogP contribution in [0.5, 0.6) is 5.75 Å². The summed E-state index contributed by atoms with van der Waals surface area (Å²) in [5.74, 6) is 0.831. The Morgan fingerprint density at radius 2 is 2.23 bits per heavy atom. The quantitative estimate of drug-likeness (QED) is 0.911. The number of nitrogens with one attached hydrogen (secondary N) is 2. The number of aromatic amines is 1. The highest BCUT2D eigenvalue weighted by atomic mass is 16.5.